The summed E-state index contributed by atoms with van der Waals surface area (Å²) in [5.74, 6) is 2.38. The second kappa shape index (κ2) is 16.6. The Morgan fingerprint density at radius 1 is 0.977 bits per heavy atom. The van der Waals surface area contributed by atoms with Crippen molar-refractivity contribution in [2.45, 2.75) is 116 Å². The monoisotopic (exact) mass is 616 g/mol. The Hall–Kier alpha value is -1.60. The molecule has 0 unspecified atom stereocenters. The van der Waals surface area contributed by atoms with Gasteiger partial charge in [0.05, 0.1) is 18.8 Å². The molecule has 43 heavy (non-hydrogen) atoms. The van der Waals surface area contributed by atoms with Crippen LogP contribution in [0.3, 0.4) is 0 Å². The van der Waals surface area contributed by atoms with Crippen LogP contribution in [0.1, 0.15) is 115 Å². The molecule has 1 saturated heterocycles. The molecule has 3 aliphatic heterocycles. The zero-order valence-electron chi connectivity index (χ0n) is 27.2. The number of carbonyl (C=O) groups is 1. The van der Waals surface area contributed by atoms with Gasteiger partial charge in [0.15, 0.2) is 0 Å². The van der Waals surface area contributed by atoms with Crippen LogP contribution >= 0.6 is 12.4 Å². The normalized spacial score (nSPS) is 21.0. The van der Waals surface area contributed by atoms with Crippen LogP contribution in [0.15, 0.2) is 17.7 Å². The predicted octanol–water partition coefficient (Wildman–Crippen LogP) is 7.85. The minimum atomic E-state index is -0.347. The Labute approximate surface area is 267 Å². The number of halogens is 1. The molecule has 7 heteroatoms. The standard InChI is InChI=1S/C36H56N2O4.ClH/c1-4-5-7-14-29-25-32(41-34(39)15-10-11-18-37-21-23-40-24-22-37)35-30-27-38(19-16-28-12-8-6-9-13-28)20-17-31(30)36(2,3)42-33(35)26-29;/h25-26,28H,4-24,27H2,1-3H3;1H. The zero-order chi connectivity index (χ0) is 29.4. The van der Waals surface area contributed by atoms with E-state index in [0.717, 1.165) is 102 Å². The molecule has 1 aliphatic carbocycles. The summed E-state index contributed by atoms with van der Waals surface area (Å²) in [5.41, 5.74) is 4.62. The first-order valence-electron chi connectivity index (χ1n) is 17.2. The summed E-state index contributed by atoms with van der Waals surface area (Å²) in [5, 5.41) is 0. The molecule has 0 atom stereocenters. The number of ether oxygens (including phenoxy) is 3. The van der Waals surface area contributed by atoms with Crippen LogP contribution in [-0.4, -0.2) is 73.9 Å². The summed E-state index contributed by atoms with van der Waals surface area (Å²) in [7, 11) is 0. The Morgan fingerprint density at radius 3 is 2.53 bits per heavy atom. The number of carbonyl (C=O) groups excluding carboxylic acids is 1. The van der Waals surface area contributed by atoms with Gasteiger partial charge in [0.2, 0.25) is 0 Å². The summed E-state index contributed by atoms with van der Waals surface area (Å²) in [6.07, 6.45) is 16.2. The molecule has 6 nitrogen and oxygen atoms in total. The van der Waals surface area contributed by atoms with Crippen molar-refractivity contribution in [3.8, 4) is 11.5 Å². The second-order valence-electron chi connectivity index (χ2n) is 13.7. The van der Waals surface area contributed by atoms with Crippen molar-refractivity contribution in [3.05, 3.63) is 28.8 Å². The van der Waals surface area contributed by atoms with E-state index in [1.165, 1.54) is 68.1 Å². The van der Waals surface area contributed by atoms with E-state index >= 15 is 0 Å². The van der Waals surface area contributed by atoms with Gasteiger partial charge in [-0.3, -0.25) is 14.6 Å². The predicted molar refractivity (Wildman–Crippen MR) is 178 cm³/mol. The van der Waals surface area contributed by atoms with Gasteiger partial charge < -0.3 is 14.2 Å². The van der Waals surface area contributed by atoms with Gasteiger partial charge in [-0.1, -0.05) is 51.9 Å². The summed E-state index contributed by atoms with van der Waals surface area (Å²) < 4.78 is 18.4. The molecule has 3 heterocycles. The first kappa shape index (κ1) is 34.3. The van der Waals surface area contributed by atoms with Crippen LogP contribution in [0.5, 0.6) is 11.5 Å². The molecule has 0 radical (unpaired) electrons. The lowest BCUT2D eigenvalue weighted by Gasteiger charge is -2.43. The number of hydrogen-bond acceptors (Lipinski definition) is 6. The fraction of sp³-hybridized carbons (Fsp3) is 0.750. The van der Waals surface area contributed by atoms with Gasteiger partial charge in [-0.25, -0.2) is 0 Å². The lowest BCUT2D eigenvalue weighted by atomic mass is 9.80. The summed E-state index contributed by atoms with van der Waals surface area (Å²) in [6.45, 7) is 14.5. The van der Waals surface area contributed by atoms with E-state index in [2.05, 4.69) is 42.7 Å². The van der Waals surface area contributed by atoms with E-state index in [0.29, 0.717) is 12.2 Å². The highest BCUT2D eigenvalue weighted by Crippen LogP contribution is 2.49. The number of nitrogens with zero attached hydrogens (tertiary/aromatic N) is 2. The first-order valence-corrected chi connectivity index (χ1v) is 17.2. The van der Waals surface area contributed by atoms with Crippen LogP contribution in [0, 0.1) is 5.92 Å². The van der Waals surface area contributed by atoms with Gasteiger partial charge in [-0.2, -0.15) is 0 Å². The molecule has 0 amide bonds. The van der Waals surface area contributed by atoms with Gasteiger partial charge in [-0.05, 0) is 100 Å². The minimum Gasteiger partial charge on any atom is -0.483 e. The summed E-state index contributed by atoms with van der Waals surface area (Å²) in [4.78, 5) is 18.3. The summed E-state index contributed by atoms with van der Waals surface area (Å²) in [6, 6.07) is 4.38. The average Bonchev–Trinajstić information content (AvgIpc) is 2.99. The molecular weight excluding hydrogens is 560 g/mol. The maximum atomic E-state index is 13.2. The quantitative estimate of drug-likeness (QED) is 0.128. The molecule has 0 aromatic heterocycles. The van der Waals surface area contributed by atoms with E-state index in [1.54, 1.807) is 0 Å². The number of fused-ring (bicyclic) bond motifs is 2. The lowest BCUT2D eigenvalue weighted by molar-refractivity contribution is -0.134. The number of unbranched alkanes of at least 4 members (excludes halogenated alkanes) is 3. The van der Waals surface area contributed by atoms with E-state index < -0.39 is 0 Å². The number of hydrogen-bond donors (Lipinski definition) is 0. The topological polar surface area (TPSA) is 51.2 Å². The summed E-state index contributed by atoms with van der Waals surface area (Å²) >= 11 is 0. The largest absolute Gasteiger partial charge is 0.483 e. The van der Waals surface area contributed by atoms with Crippen molar-refractivity contribution in [2.75, 3.05) is 52.5 Å². The van der Waals surface area contributed by atoms with Gasteiger partial charge in [0.1, 0.15) is 17.1 Å². The van der Waals surface area contributed by atoms with E-state index in [9.17, 15) is 4.79 Å². The van der Waals surface area contributed by atoms with E-state index in [1.807, 2.05) is 0 Å². The van der Waals surface area contributed by atoms with Crippen molar-refractivity contribution in [1.82, 2.24) is 9.80 Å². The van der Waals surface area contributed by atoms with E-state index in [-0.39, 0.29) is 24.0 Å². The van der Waals surface area contributed by atoms with Crippen molar-refractivity contribution in [1.29, 1.82) is 0 Å². The molecule has 2 fully saturated rings. The first-order chi connectivity index (χ1) is 20.4. The van der Waals surface area contributed by atoms with Crippen molar-refractivity contribution in [3.63, 3.8) is 0 Å². The van der Waals surface area contributed by atoms with Gasteiger partial charge in [0, 0.05) is 32.6 Å². The van der Waals surface area contributed by atoms with Crippen LogP contribution in [-0.2, 0) is 16.0 Å². The minimum absolute atomic E-state index is 0. The van der Waals surface area contributed by atoms with Crippen molar-refractivity contribution < 1.29 is 19.0 Å². The van der Waals surface area contributed by atoms with Gasteiger partial charge in [-0.15, -0.1) is 12.4 Å². The second-order valence-corrected chi connectivity index (χ2v) is 13.7. The molecule has 0 bridgehead atoms. The highest BCUT2D eigenvalue weighted by molar-refractivity contribution is 5.85. The van der Waals surface area contributed by atoms with Crippen LogP contribution in [0.25, 0.3) is 5.57 Å². The Balaban J connectivity index is 0.00000423. The lowest BCUT2D eigenvalue weighted by Crippen LogP contribution is -2.42. The Bertz CT molecular complexity index is 1080. The molecule has 5 rings (SSSR count). The molecule has 1 aromatic rings. The highest BCUT2D eigenvalue weighted by Gasteiger charge is 2.39. The third-order valence-electron chi connectivity index (χ3n) is 10.0. The smallest absolute Gasteiger partial charge is 0.311 e. The molecule has 242 valence electrons. The van der Waals surface area contributed by atoms with Crippen LogP contribution in [0.4, 0.5) is 0 Å². The van der Waals surface area contributed by atoms with Gasteiger partial charge in [0.25, 0.3) is 0 Å². The fourth-order valence-corrected chi connectivity index (χ4v) is 7.51. The Kier molecular flexibility index (Phi) is 13.3. The van der Waals surface area contributed by atoms with Gasteiger partial charge >= 0.3 is 5.97 Å². The molecule has 1 aromatic carbocycles. The highest BCUT2D eigenvalue weighted by atomic mass is 35.5. The molecular formula is C36H57ClN2O4. The number of morpholine rings is 1. The average molecular weight is 617 g/mol. The van der Waals surface area contributed by atoms with Crippen molar-refractivity contribution >= 4 is 23.9 Å². The van der Waals surface area contributed by atoms with E-state index in [4.69, 9.17) is 14.2 Å². The Morgan fingerprint density at radius 2 is 1.77 bits per heavy atom. The number of rotatable bonds is 13. The third-order valence-corrected chi connectivity index (χ3v) is 10.0. The van der Waals surface area contributed by atoms with Crippen LogP contribution < -0.4 is 9.47 Å². The fourth-order valence-electron chi connectivity index (χ4n) is 7.51. The molecule has 4 aliphatic rings. The molecule has 0 spiro atoms. The maximum absolute atomic E-state index is 13.2. The molecule has 1 saturated carbocycles. The zero-order valence-corrected chi connectivity index (χ0v) is 28.0. The SMILES string of the molecule is CCCCCc1cc(OC(=O)CCCCN2CCOCC2)c2c(c1)OC(C)(C)C1=C2CN(CCC2CCCCC2)CC1.Cl. The van der Waals surface area contributed by atoms with Crippen LogP contribution in [0.2, 0.25) is 0 Å². The number of benzene rings is 1. The molecule has 0 N–H and O–H groups in total. The third kappa shape index (κ3) is 9.45. The number of esters is 1. The maximum Gasteiger partial charge on any atom is 0.311 e. The van der Waals surface area contributed by atoms with Crippen molar-refractivity contribution in [2.24, 2.45) is 5.92 Å². The number of aryl methyl sites for hydroxylation is 1.